The highest BCUT2D eigenvalue weighted by atomic mass is 28.4. The van der Waals surface area contributed by atoms with Gasteiger partial charge in [0.15, 0.2) is 11.6 Å². The third-order valence-electron chi connectivity index (χ3n) is 9.31. The van der Waals surface area contributed by atoms with Gasteiger partial charge >= 0.3 is 6.09 Å². The molecule has 0 saturated carbocycles. The Morgan fingerprint density at radius 1 is 1.00 bits per heavy atom. The minimum absolute atomic E-state index is 0.159. The summed E-state index contributed by atoms with van der Waals surface area (Å²) in [5.74, 6) is -0.729. The van der Waals surface area contributed by atoms with Gasteiger partial charge in [-0.25, -0.2) is 14.3 Å². The number of amides is 1. The molecule has 0 spiro atoms. The van der Waals surface area contributed by atoms with Crippen LogP contribution in [0.4, 0.5) is 10.6 Å². The van der Waals surface area contributed by atoms with E-state index in [0.717, 1.165) is 29.6 Å². The summed E-state index contributed by atoms with van der Waals surface area (Å²) >= 11 is 0. The third-order valence-corrected chi connectivity index (χ3v) is 14.3. The lowest BCUT2D eigenvalue weighted by atomic mass is 9.92. The Labute approximate surface area is 288 Å². The SMILES string of the molecule is CCCCCOC(=O)Nc1ncnn2c([C@]3(C#N)O[C@H](CO[Si](c4ccccc4)(c4ccccc4)C(C)(C)C)[C@H]4OC(C)(C)O[C@H]43)ccc12. The van der Waals surface area contributed by atoms with Gasteiger partial charge in [-0.15, -0.1) is 0 Å². The van der Waals surface area contributed by atoms with Crippen LogP contribution in [0.25, 0.3) is 5.52 Å². The first-order valence-corrected chi connectivity index (χ1v) is 18.8. The van der Waals surface area contributed by atoms with Crippen LogP contribution < -0.4 is 15.7 Å². The maximum absolute atomic E-state index is 12.6. The standard InChI is InChI=1S/C37H45N5O6Si/c1-7-8-15-22-44-34(43)41-33-28-20-21-30(42(28)40-25-39-33)37(24-38)32-31(47-36(5,6)48-32)29(46-37)23-45-49(35(2,3)4,26-16-11-9-12-17-26)27-18-13-10-14-19-27/h9-14,16-21,25,29,31-32H,7-8,15,22-23H2,1-6H3,(H,39,40,41,43)/t29-,31-,32-,37+/m1/s1. The number of carbonyl (C=O) groups excluding carboxylic acids is 1. The number of nitriles is 1. The Hall–Kier alpha value is -4.12. The predicted molar refractivity (Wildman–Crippen MR) is 187 cm³/mol. The molecule has 0 aliphatic carbocycles. The smallest absolute Gasteiger partial charge is 0.412 e. The molecule has 0 bridgehead atoms. The molecular weight excluding hydrogens is 639 g/mol. The van der Waals surface area contributed by atoms with Crippen molar-refractivity contribution in [2.75, 3.05) is 18.5 Å². The number of aromatic nitrogens is 3. The van der Waals surface area contributed by atoms with Crippen molar-refractivity contribution in [2.45, 2.75) is 95.5 Å². The van der Waals surface area contributed by atoms with Gasteiger partial charge in [-0.2, -0.15) is 10.4 Å². The van der Waals surface area contributed by atoms with E-state index in [4.69, 9.17) is 23.4 Å². The molecule has 0 unspecified atom stereocenters. The maximum Gasteiger partial charge on any atom is 0.412 e. The van der Waals surface area contributed by atoms with E-state index in [-0.39, 0.29) is 17.5 Å². The lowest BCUT2D eigenvalue weighted by Gasteiger charge is -2.43. The highest BCUT2D eigenvalue weighted by molar-refractivity contribution is 6.99. The summed E-state index contributed by atoms with van der Waals surface area (Å²) < 4.78 is 33.8. The number of ether oxygens (including phenoxy) is 4. The molecule has 49 heavy (non-hydrogen) atoms. The number of nitrogens with one attached hydrogen (secondary N) is 1. The van der Waals surface area contributed by atoms with E-state index in [0.29, 0.717) is 17.8 Å². The molecule has 258 valence electrons. The highest BCUT2D eigenvalue weighted by Crippen LogP contribution is 2.50. The number of fused-ring (bicyclic) bond motifs is 2. The summed E-state index contributed by atoms with van der Waals surface area (Å²) in [5, 5.41) is 20.2. The van der Waals surface area contributed by atoms with Crippen LogP contribution in [0.2, 0.25) is 5.04 Å². The van der Waals surface area contributed by atoms with E-state index in [1.807, 2.05) is 50.2 Å². The lowest BCUT2D eigenvalue weighted by molar-refractivity contribution is -0.204. The van der Waals surface area contributed by atoms with Crippen LogP contribution >= 0.6 is 0 Å². The fourth-order valence-corrected chi connectivity index (χ4v) is 11.7. The number of anilines is 1. The minimum atomic E-state index is -2.94. The first-order valence-electron chi connectivity index (χ1n) is 16.9. The largest absolute Gasteiger partial charge is 0.449 e. The molecule has 1 amide bonds. The van der Waals surface area contributed by atoms with Crippen molar-refractivity contribution >= 4 is 36.1 Å². The monoisotopic (exact) mass is 683 g/mol. The summed E-state index contributed by atoms with van der Waals surface area (Å²) in [5.41, 5.74) is -0.713. The predicted octanol–water partition coefficient (Wildman–Crippen LogP) is 5.68. The topological polar surface area (TPSA) is 129 Å². The van der Waals surface area contributed by atoms with Gasteiger partial charge in [0.05, 0.1) is 18.9 Å². The number of carbonyl (C=O) groups is 1. The second kappa shape index (κ2) is 13.6. The van der Waals surface area contributed by atoms with Gasteiger partial charge < -0.3 is 23.4 Å². The Kier molecular flexibility index (Phi) is 9.67. The van der Waals surface area contributed by atoms with E-state index in [1.54, 1.807) is 16.6 Å². The summed E-state index contributed by atoms with van der Waals surface area (Å²) in [4.78, 5) is 16.8. The summed E-state index contributed by atoms with van der Waals surface area (Å²) in [6.07, 6.45) is 1.41. The van der Waals surface area contributed by atoms with Crippen molar-refractivity contribution in [1.29, 1.82) is 5.26 Å². The zero-order valence-electron chi connectivity index (χ0n) is 29.0. The van der Waals surface area contributed by atoms with Gasteiger partial charge in [-0.3, -0.25) is 5.32 Å². The van der Waals surface area contributed by atoms with E-state index in [2.05, 4.69) is 73.4 Å². The average molecular weight is 684 g/mol. The number of hydrogen-bond acceptors (Lipinski definition) is 9. The van der Waals surface area contributed by atoms with Crippen LogP contribution in [0.15, 0.2) is 79.1 Å². The van der Waals surface area contributed by atoms with E-state index < -0.39 is 44.1 Å². The Morgan fingerprint density at radius 2 is 1.67 bits per heavy atom. The zero-order chi connectivity index (χ0) is 34.9. The molecule has 2 aromatic heterocycles. The Morgan fingerprint density at radius 3 is 2.29 bits per heavy atom. The highest BCUT2D eigenvalue weighted by Gasteiger charge is 2.66. The van der Waals surface area contributed by atoms with Crippen LogP contribution in [0, 0.1) is 11.3 Å². The maximum atomic E-state index is 12.6. The van der Waals surface area contributed by atoms with Crippen LogP contribution in [0.5, 0.6) is 0 Å². The van der Waals surface area contributed by atoms with Gasteiger partial charge in [-0.05, 0) is 47.8 Å². The number of unbranched alkanes of at least 4 members (excludes halogenated alkanes) is 2. The summed E-state index contributed by atoms with van der Waals surface area (Å²) in [7, 11) is -2.94. The second-order valence-corrected chi connectivity index (χ2v) is 18.4. The fraction of sp³-hybridized carbons (Fsp3) is 0.459. The third kappa shape index (κ3) is 6.37. The minimum Gasteiger partial charge on any atom is -0.449 e. The Bertz CT molecular complexity index is 1770. The van der Waals surface area contributed by atoms with Crippen LogP contribution in [0.3, 0.4) is 0 Å². The molecule has 2 fully saturated rings. The van der Waals surface area contributed by atoms with Gasteiger partial charge in [0.25, 0.3) is 8.32 Å². The van der Waals surface area contributed by atoms with Gasteiger partial charge in [-0.1, -0.05) is 101 Å². The second-order valence-electron chi connectivity index (χ2n) is 14.1. The number of nitrogens with zero attached hydrogens (tertiary/aromatic N) is 4. The average Bonchev–Trinajstić information content (AvgIpc) is 3.74. The normalized spacial score (nSPS) is 23.2. The molecule has 4 heterocycles. The van der Waals surface area contributed by atoms with E-state index >= 15 is 0 Å². The van der Waals surface area contributed by atoms with Crippen molar-refractivity contribution in [1.82, 2.24) is 14.6 Å². The molecule has 1 N–H and O–H groups in total. The number of hydrogen-bond donors (Lipinski definition) is 1. The van der Waals surface area contributed by atoms with Gasteiger partial charge in [0, 0.05) is 0 Å². The van der Waals surface area contributed by atoms with Crippen molar-refractivity contribution in [2.24, 2.45) is 0 Å². The fourth-order valence-electron chi connectivity index (χ4n) is 7.16. The molecule has 4 aromatic rings. The number of benzene rings is 2. The molecule has 0 radical (unpaired) electrons. The molecule has 12 heteroatoms. The van der Waals surface area contributed by atoms with Crippen molar-refractivity contribution in [3.8, 4) is 6.07 Å². The van der Waals surface area contributed by atoms with Crippen molar-refractivity contribution < 1.29 is 28.2 Å². The van der Waals surface area contributed by atoms with Gasteiger partial charge in [0.2, 0.25) is 5.60 Å². The molecule has 6 rings (SSSR count). The first kappa shape index (κ1) is 34.7. The quantitative estimate of drug-likeness (QED) is 0.157. The summed E-state index contributed by atoms with van der Waals surface area (Å²) in [6.45, 7) is 12.9. The number of rotatable bonds is 11. The molecular formula is C37H45N5O6Si. The van der Waals surface area contributed by atoms with E-state index in [9.17, 15) is 10.1 Å². The van der Waals surface area contributed by atoms with Gasteiger partial charge in [0.1, 0.15) is 36.2 Å². The Balaban J connectivity index is 1.35. The van der Waals surface area contributed by atoms with Crippen molar-refractivity contribution in [3.63, 3.8) is 0 Å². The molecule has 4 atom stereocenters. The molecule has 2 aliphatic heterocycles. The lowest BCUT2D eigenvalue weighted by Crippen LogP contribution is -2.67. The van der Waals surface area contributed by atoms with Crippen LogP contribution in [-0.2, 0) is 29.0 Å². The first-order chi connectivity index (χ1) is 23.5. The summed E-state index contributed by atoms with van der Waals surface area (Å²) in [6, 6.07) is 26.7. The van der Waals surface area contributed by atoms with Crippen molar-refractivity contribution in [3.05, 3.63) is 84.8 Å². The van der Waals surface area contributed by atoms with Crippen LogP contribution in [-0.4, -0.2) is 66.3 Å². The van der Waals surface area contributed by atoms with Crippen LogP contribution in [0.1, 0.15) is 66.5 Å². The molecule has 11 nitrogen and oxygen atoms in total. The zero-order valence-corrected chi connectivity index (χ0v) is 30.0. The molecule has 2 saturated heterocycles. The molecule has 2 aromatic carbocycles. The van der Waals surface area contributed by atoms with E-state index in [1.165, 1.54) is 6.33 Å². The molecule has 2 aliphatic rings.